The van der Waals surface area contributed by atoms with Gasteiger partial charge >= 0.3 is 6.18 Å². The Balaban J connectivity index is 2.26. The number of fused-ring (bicyclic) bond motifs is 1. The lowest BCUT2D eigenvalue weighted by atomic mass is 9.86. The summed E-state index contributed by atoms with van der Waals surface area (Å²) in [5.74, 6) is -0.789. The Kier molecular flexibility index (Phi) is 3.65. The van der Waals surface area contributed by atoms with Crippen molar-refractivity contribution in [1.82, 2.24) is 19.9 Å². The third-order valence-corrected chi connectivity index (χ3v) is 3.02. The summed E-state index contributed by atoms with van der Waals surface area (Å²) < 4.78 is 40.6. The fourth-order valence-electron chi connectivity index (χ4n) is 1.97. The molecule has 114 valence electrons. The van der Waals surface area contributed by atoms with Gasteiger partial charge in [-0.3, -0.25) is 9.20 Å². The van der Waals surface area contributed by atoms with Gasteiger partial charge in [0.25, 0.3) is 5.91 Å². The molecule has 0 aliphatic carbocycles. The maximum absolute atomic E-state index is 13.1. The standard InChI is InChI=1S/C13H15F3N4O/c1-12(2,3)11(13(14,15)16)18-10(21)8-4-5-9-19-17-7-20(9)6-8/h4-7,11H,1-3H3,(H,18,21)/t11-/m1/s1. The zero-order valence-electron chi connectivity index (χ0n) is 11.8. The Morgan fingerprint density at radius 2 is 1.95 bits per heavy atom. The summed E-state index contributed by atoms with van der Waals surface area (Å²) in [7, 11) is 0. The topological polar surface area (TPSA) is 59.3 Å². The highest BCUT2D eigenvalue weighted by Gasteiger charge is 2.47. The van der Waals surface area contributed by atoms with E-state index in [-0.39, 0.29) is 5.56 Å². The molecule has 5 nitrogen and oxygen atoms in total. The summed E-state index contributed by atoms with van der Waals surface area (Å²) in [6, 6.07) is 0.992. The molecule has 1 amide bonds. The first-order valence-corrected chi connectivity index (χ1v) is 6.26. The van der Waals surface area contributed by atoms with Crippen molar-refractivity contribution in [2.45, 2.75) is 33.0 Å². The van der Waals surface area contributed by atoms with E-state index in [0.29, 0.717) is 5.65 Å². The highest BCUT2D eigenvalue weighted by molar-refractivity contribution is 5.94. The van der Waals surface area contributed by atoms with Crippen molar-refractivity contribution in [3.05, 3.63) is 30.2 Å². The molecule has 2 aromatic heterocycles. The van der Waals surface area contributed by atoms with E-state index in [1.807, 2.05) is 0 Å². The second kappa shape index (κ2) is 5.01. The van der Waals surface area contributed by atoms with Crippen LogP contribution >= 0.6 is 0 Å². The third-order valence-electron chi connectivity index (χ3n) is 3.02. The maximum atomic E-state index is 13.1. The van der Waals surface area contributed by atoms with Crippen LogP contribution < -0.4 is 5.32 Å². The van der Waals surface area contributed by atoms with Crippen molar-refractivity contribution in [2.75, 3.05) is 0 Å². The van der Waals surface area contributed by atoms with Crippen LogP contribution in [0.25, 0.3) is 5.65 Å². The van der Waals surface area contributed by atoms with Gasteiger partial charge in [0.2, 0.25) is 0 Å². The zero-order chi connectivity index (χ0) is 15.8. The minimum atomic E-state index is -4.52. The molecule has 0 radical (unpaired) electrons. The van der Waals surface area contributed by atoms with Crippen molar-refractivity contribution >= 4 is 11.6 Å². The number of aromatic nitrogens is 3. The molecule has 2 rings (SSSR count). The molecule has 0 aliphatic heterocycles. The molecule has 21 heavy (non-hydrogen) atoms. The number of hydrogen-bond acceptors (Lipinski definition) is 3. The molecule has 2 aromatic rings. The summed E-state index contributed by atoms with van der Waals surface area (Å²) >= 11 is 0. The summed E-state index contributed by atoms with van der Waals surface area (Å²) in [5.41, 5.74) is -0.523. The Morgan fingerprint density at radius 3 is 2.52 bits per heavy atom. The summed E-state index contributed by atoms with van der Waals surface area (Å²) in [5, 5.41) is 9.45. The van der Waals surface area contributed by atoms with Crippen LogP contribution in [-0.2, 0) is 0 Å². The van der Waals surface area contributed by atoms with Crippen LogP contribution in [0.1, 0.15) is 31.1 Å². The lowest BCUT2D eigenvalue weighted by Gasteiger charge is -2.33. The predicted molar refractivity (Wildman–Crippen MR) is 69.8 cm³/mol. The first-order valence-electron chi connectivity index (χ1n) is 6.26. The number of pyridine rings is 1. The summed E-state index contributed by atoms with van der Waals surface area (Å²) in [6.45, 7) is 4.28. The van der Waals surface area contributed by atoms with E-state index in [1.54, 1.807) is 0 Å². The Bertz CT molecular complexity index is 643. The molecule has 0 fully saturated rings. The van der Waals surface area contributed by atoms with Gasteiger partial charge in [-0.05, 0) is 17.5 Å². The van der Waals surface area contributed by atoms with Crippen LogP contribution in [0, 0.1) is 5.41 Å². The molecule has 2 heterocycles. The molecule has 0 saturated carbocycles. The molecule has 0 bridgehead atoms. The van der Waals surface area contributed by atoms with Crippen molar-refractivity contribution < 1.29 is 18.0 Å². The molecule has 1 N–H and O–H groups in total. The van der Waals surface area contributed by atoms with Crippen molar-refractivity contribution in [3.63, 3.8) is 0 Å². The number of amides is 1. The minimum Gasteiger partial charge on any atom is -0.340 e. The van der Waals surface area contributed by atoms with Gasteiger partial charge in [0.15, 0.2) is 5.65 Å². The van der Waals surface area contributed by atoms with Crippen LogP contribution in [0.3, 0.4) is 0 Å². The third kappa shape index (κ3) is 3.32. The average Bonchev–Trinajstić information content (AvgIpc) is 2.79. The SMILES string of the molecule is CC(C)(C)[C@@H](NC(=O)c1ccc2nncn2c1)C(F)(F)F. The van der Waals surface area contributed by atoms with Crippen LogP contribution in [0.5, 0.6) is 0 Å². The van der Waals surface area contributed by atoms with E-state index in [4.69, 9.17) is 0 Å². The largest absolute Gasteiger partial charge is 0.409 e. The van der Waals surface area contributed by atoms with Crippen molar-refractivity contribution in [1.29, 1.82) is 0 Å². The molecular weight excluding hydrogens is 285 g/mol. The van der Waals surface area contributed by atoms with Crippen molar-refractivity contribution in [3.8, 4) is 0 Å². The smallest absolute Gasteiger partial charge is 0.340 e. The van der Waals surface area contributed by atoms with Gasteiger partial charge in [-0.15, -0.1) is 10.2 Å². The number of carbonyl (C=O) groups is 1. The number of nitrogens with zero attached hydrogens (tertiary/aromatic N) is 3. The van der Waals surface area contributed by atoms with E-state index in [9.17, 15) is 18.0 Å². The monoisotopic (exact) mass is 300 g/mol. The summed E-state index contributed by atoms with van der Waals surface area (Å²) in [6.07, 6.45) is -1.76. The van der Waals surface area contributed by atoms with Crippen LogP contribution in [0.2, 0.25) is 0 Å². The summed E-state index contributed by atoms with van der Waals surface area (Å²) in [4.78, 5) is 12.0. The molecule has 8 heteroatoms. The fourth-order valence-corrected chi connectivity index (χ4v) is 1.97. The van der Waals surface area contributed by atoms with E-state index in [2.05, 4.69) is 15.5 Å². The van der Waals surface area contributed by atoms with E-state index < -0.39 is 23.5 Å². The highest BCUT2D eigenvalue weighted by Crippen LogP contribution is 2.33. The Labute approximate surface area is 119 Å². The number of halogens is 3. The van der Waals surface area contributed by atoms with E-state index in [1.165, 1.54) is 49.8 Å². The average molecular weight is 300 g/mol. The first kappa shape index (κ1) is 15.3. The highest BCUT2D eigenvalue weighted by atomic mass is 19.4. The van der Waals surface area contributed by atoms with Crippen LogP contribution in [0.4, 0.5) is 13.2 Å². The van der Waals surface area contributed by atoms with Crippen molar-refractivity contribution in [2.24, 2.45) is 5.41 Å². The van der Waals surface area contributed by atoms with Gasteiger partial charge in [0.1, 0.15) is 12.4 Å². The van der Waals surface area contributed by atoms with Crippen LogP contribution in [-0.4, -0.2) is 32.7 Å². The van der Waals surface area contributed by atoms with Crippen LogP contribution in [0.15, 0.2) is 24.7 Å². The lowest BCUT2D eigenvalue weighted by Crippen LogP contribution is -2.53. The minimum absolute atomic E-state index is 0.112. The molecule has 0 aromatic carbocycles. The molecule has 0 saturated heterocycles. The number of hydrogen-bond donors (Lipinski definition) is 1. The number of carbonyl (C=O) groups excluding carboxylic acids is 1. The second-order valence-electron chi connectivity index (χ2n) is 5.83. The van der Waals surface area contributed by atoms with E-state index in [0.717, 1.165) is 0 Å². The number of alkyl halides is 3. The van der Waals surface area contributed by atoms with Gasteiger partial charge in [0.05, 0.1) is 5.56 Å². The number of nitrogens with one attached hydrogen (secondary N) is 1. The van der Waals surface area contributed by atoms with E-state index >= 15 is 0 Å². The normalized spacial score (nSPS) is 14.2. The molecule has 0 aliphatic rings. The molecule has 0 unspecified atom stereocenters. The molecule has 0 spiro atoms. The number of rotatable bonds is 2. The Hall–Kier alpha value is -2.12. The molecule has 1 atom stereocenters. The zero-order valence-corrected chi connectivity index (χ0v) is 11.8. The predicted octanol–water partition coefficient (Wildman–Crippen LogP) is 2.44. The van der Waals surface area contributed by atoms with Gasteiger partial charge in [0, 0.05) is 6.20 Å². The first-order chi connectivity index (χ1) is 9.59. The van der Waals surface area contributed by atoms with Gasteiger partial charge < -0.3 is 5.32 Å². The quantitative estimate of drug-likeness (QED) is 0.926. The maximum Gasteiger partial charge on any atom is 0.409 e. The van der Waals surface area contributed by atoms with Gasteiger partial charge in [-0.2, -0.15) is 13.2 Å². The second-order valence-corrected chi connectivity index (χ2v) is 5.83. The van der Waals surface area contributed by atoms with Gasteiger partial charge in [-0.25, -0.2) is 0 Å². The Morgan fingerprint density at radius 1 is 1.29 bits per heavy atom. The van der Waals surface area contributed by atoms with Gasteiger partial charge in [-0.1, -0.05) is 20.8 Å². The molecular formula is C13H15F3N4O. The lowest BCUT2D eigenvalue weighted by molar-refractivity contribution is -0.174. The fraction of sp³-hybridized carbons (Fsp3) is 0.462.